The van der Waals surface area contributed by atoms with Crippen molar-refractivity contribution < 1.29 is 23.9 Å². The third kappa shape index (κ3) is 5.95. The van der Waals surface area contributed by atoms with Crippen LogP contribution >= 0.6 is 61.7 Å². The van der Waals surface area contributed by atoms with Gasteiger partial charge >= 0.3 is 6.03 Å². The highest BCUT2D eigenvalue weighted by Crippen LogP contribution is 2.36. The van der Waals surface area contributed by atoms with Gasteiger partial charge in [-0.05, 0) is 89.2 Å². The lowest BCUT2D eigenvalue weighted by Gasteiger charge is -2.27. The van der Waals surface area contributed by atoms with Gasteiger partial charge < -0.3 is 9.47 Å². The Morgan fingerprint density at radius 2 is 1.84 bits per heavy atom. The number of nitrogens with zero attached hydrogens (tertiary/aromatic N) is 1. The van der Waals surface area contributed by atoms with Crippen LogP contribution in [0.2, 0.25) is 10.0 Å². The highest BCUT2D eigenvalue weighted by molar-refractivity contribution is 14.1. The number of carbonyl (C=O) groups excluding carboxylic acids is 3. The number of amides is 4. The van der Waals surface area contributed by atoms with Crippen LogP contribution in [-0.4, -0.2) is 25.0 Å². The normalized spacial score (nSPS) is 14.7. The van der Waals surface area contributed by atoms with Crippen molar-refractivity contribution in [3.63, 3.8) is 0 Å². The topological polar surface area (TPSA) is 84.9 Å². The summed E-state index contributed by atoms with van der Waals surface area (Å²) < 4.78 is 13.0. The van der Waals surface area contributed by atoms with Crippen LogP contribution in [0.15, 0.2) is 58.6 Å². The molecule has 0 spiro atoms. The van der Waals surface area contributed by atoms with Gasteiger partial charge in [0.1, 0.15) is 12.2 Å². The van der Waals surface area contributed by atoms with E-state index in [1.54, 1.807) is 55.5 Å². The molecule has 1 N–H and O–H groups in total. The third-order valence-corrected chi connectivity index (χ3v) is 7.33. The average Bonchev–Trinajstić information content (AvgIpc) is 2.83. The van der Waals surface area contributed by atoms with Gasteiger partial charge in [0.05, 0.1) is 16.4 Å². The van der Waals surface area contributed by atoms with Gasteiger partial charge in [0.25, 0.3) is 11.8 Å². The smallest absolute Gasteiger partial charge is 0.335 e. The summed E-state index contributed by atoms with van der Waals surface area (Å²) in [7, 11) is 1.49. The molecular formula is C26H18BrCl2IN2O5. The number of imide groups is 2. The lowest BCUT2D eigenvalue weighted by molar-refractivity contribution is -0.122. The number of urea groups is 1. The van der Waals surface area contributed by atoms with Crippen molar-refractivity contribution in [3.8, 4) is 11.5 Å². The Hall–Kier alpha value is -2.60. The number of methoxy groups -OCH3 is 1. The van der Waals surface area contributed by atoms with E-state index in [1.165, 1.54) is 13.2 Å². The molecule has 3 aromatic carbocycles. The van der Waals surface area contributed by atoms with E-state index in [-0.39, 0.29) is 12.2 Å². The van der Waals surface area contributed by atoms with Gasteiger partial charge in [0.15, 0.2) is 11.5 Å². The van der Waals surface area contributed by atoms with E-state index in [0.29, 0.717) is 41.9 Å². The minimum atomic E-state index is -0.811. The minimum absolute atomic E-state index is 0.174. The van der Waals surface area contributed by atoms with E-state index in [1.807, 2.05) is 0 Å². The molecule has 0 aromatic heterocycles. The van der Waals surface area contributed by atoms with Gasteiger partial charge in [-0.2, -0.15) is 0 Å². The maximum atomic E-state index is 13.3. The maximum Gasteiger partial charge on any atom is 0.335 e. The Morgan fingerprint density at radius 3 is 2.51 bits per heavy atom. The van der Waals surface area contributed by atoms with Crippen LogP contribution in [0.25, 0.3) is 6.08 Å². The second-order valence-electron chi connectivity index (χ2n) is 7.95. The molecule has 3 aromatic rings. The number of aryl methyl sites for hydroxylation is 1. The quantitative estimate of drug-likeness (QED) is 0.170. The highest BCUT2D eigenvalue weighted by Gasteiger charge is 2.37. The van der Waals surface area contributed by atoms with Gasteiger partial charge in [-0.1, -0.05) is 45.2 Å². The fourth-order valence-electron chi connectivity index (χ4n) is 3.66. The number of carbonyl (C=O) groups is 3. The summed E-state index contributed by atoms with van der Waals surface area (Å²) in [5, 5.41) is 3.24. The molecule has 11 heteroatoms. The summed E-state index contributed by atoms with van der Waals surface area (Å²) in [4.78, 5) is 39.4. The van der Waals surface area contributed by atoms with Crippen LogP contribution in [0.5, 0.6) is 11.5 Å². The summed E-state index contributed by atoms with van der Waals surface area (Å²) in [5.41, 5.74) is 2.12. The lowest BCUT2D eigenvalue weighted by atomic mass is 10.1. The number of rotatable bonds is 6. The van der Waals surface area contributed by atoms with Crippen molar-refractivity contribution >= 4 is 91.3 Å². The van der Waals surface area contributed by atoms with Crippen molar-refractivity contribution in [1.29, 1.82) is 0 Å². The summed E-state index contributed by atoms with van der Waals surface area (Å²) in [6.45, 7) is 1.94. The molecule has 7 nitrogen and oxygen atoms in total. The Bertz CT molecular complexity index is 1480. The van der Waals surface area contributed by atoms with Crippen molar-refractivity contribution in [2.45, 2.75) is 13.5 Å². The number of hydrogen-bond acceptors (Lipinski definition) is 5. The third-order valence-electron chi connectivity index (χ3n) is 5.45. The van der Waals surface area contributed by atoms with Crippen LogP contribution in [0.1, 0.15) is 16.7 Å². The van der Waals surface area contributed by atoms with Gasteiger partial charge in [0, 0.05) is 20.1 Å². The number of hydrogen-bond donors (Lipinski definition) is 1. The van der Waals surface area contributed by atoms with Crippen LogP contribution in [0.4, 0.5) is 10.5 Å². The first-order valence-corrected chi connectivity index (χ1v) is 13.3. The number of ether oxygens (including phenoxy) is 2. The number of benzene rings is 3. The predicted molar refractivity (Wildman–Crippen MR) is 154 cm³/mol. The van der Waals surface area contributed by atoms with Crippen LogP contribution in [-0.2, 0) is 16.2 Å². The average molecular weight is 716 g/mol. The van der Waals surface area contributed by atoms with Crippen molar-refractivity contribution in [1.82, 2.24) is 5.32 Å². The summed E-state index contributed by atoms with van der Waals surface area (Å²) in [5.74, 6) is -0.652. The van der Waals surface area contributed by atoms with Gasteiger partial charge in [-0.3, -0.25) is 14.9 Å². The first-order chi connectivity index (χ1) is 17.6. The maximum absolute atomic E-state index is 13.3. The Balaban J connectivity index is 1.65. The molecule has 4 amide bonds. The Morgan fingerprint density at radius 1 is 1.08 bits per heavy atom. The summed E-state index contributed by atoms with van der Waals surface area (Å²) in [6, 6.07) is 12.8. The first kappa shape index (κ1) is 27.4. The molecule has 0 unspecified atom stereocenters. The van der Waals surface area contributed by atoms with Crippen LogP contribution < -0.4 is 19.7 Å². The summed E-state index contributed by atoms with van der Waals surface area (Å²) >= 11 is 17.7. The molecule has 190 valence electrons. The largest absolute Gasteiger partial charge is 0.493 e. The zero-order chi connectivity index (χ0) is 26.9. The number of barbiturate groups is 1. The fourth-order valence-corrected chi connectivity index (χ4v) is 5.38. The predicted octanol–water partition coefficient (Wildman–Crippen LogP) is 6.92. The molecule has 0 radical (unpaired) electrons. The lowest BCUT2D eigenvalue weighted by Crippen LogP contribution is -2.54. The van der Waals surface area contributed by atoms with E-state index < -0.39 is 17.8 Å². The van der Waals surface area contributed by atoms with E-state index in [0.717, 1.165) is 14.9 Å². The Kier molecular flexibility index (Phi) is 8.47. The molecule has 1 saturated heterocycles. The Labute approximate surface area is 245 Å². The van der Waals surface area contributed by atoms with Gasteiger partial charge in [-0.15, -0.1) is 0 Å². The van der Waals surface area contributed by atoms with Crippen molar-refractivity contribution in [2.24, 2.45) is 0 Å². The molecule has 1 heterocycles. The van der Waals surface area contributed by atoms with Gasteiger partial charge in [-0.25, -0.2) is 9.69 Å². The monoisotopic (exact) mass is 714 g/mol. The molecule has 4 rings (SSSR count). The van der Waals surface area contributed by atoms with Crippen LogP contribution in [0.3, 0.4) is 0 Å². The molecule has 0 atom stereocenters. The molecule has 1 aliphatic rings. The zero-order valence-corrected chi connectivity index (χ0v) is 24.7. The summed E-state index contributed by atoms with van der Waals surface area (Å²) in [6.07, 6.45) is 1.41. The fraction of sp³-hybridized carbons (Fsp3) is 0.115. The zero-order valence-electron chi connectivity index (χ0n) is 19.4. The van der Waals surface area contributed by atoms with Crippen LogP contribution in [0, 0.1) is 10.5 Å². The highest BCUT2D eigenvalue weighted by atomic mass is 127. The molecular weight excluding hydrogens is 698 g/mol. The SMILES string of the molecule is COc1cc(/C=C2/C(=O)NC(=O)N(c3ccc(Br)cc3C)C2=O)cc(I)c1OCc1ccc(Cl)cc1Cl. The number of halogens is 4. The van der Waals surface area contributed by atoms with E-state index >= 15 is 0 Å². The molecule has 1 aliphatic heterocycles. The molecule has 0 bridgehead atoms. The molecule has 0 aliphatic carbocycles. The van der Waals surface area contributed by atoms with Crippen molar-refractivity contribution in [2.75, 3.05) is 12.0 Å². The second kappa shape index (κ2) is 11.4. The number of nitrogens with one attached hydrogen (secondary N) is 1. The molecule has 0 saturated carbocycles. The van der Waals surface area contributed by atoms with E-state index in [2.05, 4.69) is 43.8 Å². The van der Waals surface area contributed by atoms with Gasteiger partial charge in [0.2, 0.25) is 0 Å². The van der Waals surface area contributed by atoms with Crippen molar-refractivity contribution in [3.05, 3.63) is 88.9 Å². The first-order valence-electron chi connectivity index (χ1n) is 10.7. The molecule has 37 heavy (non-hydrogen) atoms. The molecule has 1 fully saturated rings. The standard InChI is InChI=1S/C26H18BrCl2IN2O5/c1-13-7-16(27)4-6-21(13)32-25(34)18(24(33)31-26(32)35)8-14-9-20(30)23(22(10-14)36-2)37-12-15-3-5-17(28)11-19(15)29/h3-11H,12H2,1-2H3,(H,31,33,35)/b18-8-. The second-order valence-corrected chi connectivity index (χ2v) is 10.9. The minimum Gasteiger partial charge on any atom is -0.493 e. The van der Waals surface area contributed by atoms with E-state index in [9.17, 15) is 14.4 Å². The number of anilines is 1. The van der Waals surface area contributed by atoms with E-state index in [4.69, 9.17) is 32.7 Å².